The van der Waals surface area contributed by atoms with E-state index >= 15 is 0 Å². The van der Waals surface area contributed by atoms with Gasteiger partial charge in [0.1, 0.15) is 17.8 Å². The molecule has 1 aromatic carbocycles. The van der Waals surface area contributed by atoms with Gasteiger partial charge >= 0.3 is 5.97 Å². The van der Waals surface area contributed by atoms with Gasteiger partial charge in [0, 0.05) is 35.8 Å². The van der Waals surface area contributed by atoms with E-state index in [0.29, 0.717) is 30.4 Å². The molecule has 0 radical (unpaired) electrons. The van der Waals surface area contributed by atoms with Gasteiger partial charge in [0.25, 0.3) is 0 Å². The molecule has 36 heavy (non-hydrogen) atoms. The van der Waals surface area contributed by atoms with E-state index in [-0.39, 0.29) is 6.61 Å². The summed E-state index contributed by atoms with van der Waals surface area (Å²) in [4.78, 5) is 32.7. The number of carbonyl (C=O) groups is 1. The third kappa shape index (κ3) is 5.05. The van der Waals surface area contributed by atoms with Gasteiger partial charge in [-0.15, -0.1) is 0 Å². The average Bonchev–Trinajstić information content (AvgIpc) is 3.40. The molecule has 0 aliphatic carbocycles. The molecular weight excluding hydrogens is 458 g/mol. The Morgan fingerprint density at radius 1 is 0.972 bits per heavy atom. The summed E-state index contributed by atoms with van der Waals surface area (Å²) < 4.78 is 11.0. The minimum atomic E-state index is -0.920. The van der Waals surface area contributed by atoms with E-state index in [1.165, 1.54) is 0 Å². The Hall–Kier alpha value is -4.27. The van der Waals surface area contributed by atoms with Gasteiger partial charge in [-0.1, -0.05) is 13.8 Å². The number of hydrogen-bond donors (Lipinski definition) is 2. The first kappa shape index (κ1) is 24.8. The molecule has 0 unspecified atom stereocenters. The van der Waals surface area contributed by atoms with E-state index < -0.39 is 11.4 Å². The van der Waals surface area contributed by atoms with Crippen LogP contribution in [0.2, 0.25) is 0 Å². The summed E-state index contributed by atoms with van der Waals surface area (Å²) >= 11 is 0. The summed E-state index contributed by atoms with van der Waals surface area (Å²) in [6.45, 7) is 5.72. The van der Waals surface area contributed by atoms with E-state index in [2.05, 4.69) is 24.9 Å². The number of pyridine rings is 1. The van der Waals surface area contributed by atoms with Crippen LogP contribution < -0.4 is 9.47 Å². The number of nitrogens with zero attached hydrogens (tertiary/aromatic N) is 4. The van der Waals surface area contributed by atoms with Crippen LogP contribution in [0, 0.1) is 12.3 Å². The maximum absolute atomic E-state index is 11.7. The molecule has 0 fully saturated rings. The normalized spacial score (nSPS) is 11.3. The number of imidazole rings is 1. The Bertz CT molecular complexity index is 1330. The lowest BCUT2D eigenvalue weighted by Crippen LogP contribution is -2.36. The lowest BCUT2D eigenvalue weighted by molar-refractivity contribution is -0.151. The molecule has 0 atom stereocenters. The molecular formula is C27H29N5O4. The zero-order chi connectivity index (χ0) is 25.7. The summed E-state index contributed by atoms with van der Waals surface area (Å²) in [5.41, 5.74) is 3.51. The molecule has 4 aromatic rings. The van der Waals surface area contributed by atoms with Gasteiger partial charge in [-0.05, 0) is 55.2 Å². The fraction of sp³-hybridized carbons (Fsp3) is 0.296. The van der Waals surface area contributed by atoms with Crippen molar-refractivity contribution in [1.82, 2.24) is 24.9 Å². The van der Waals surface area contributed by atoms with Gasteiger partial charge in [0.2, 0.25) is 5.88 Å². The fourth-order valence-electron chi connectivity index (χ4n) is 3.88. The number of rotatable bonds is 10. The second kappa shape index (κ2) is 10.6. The van der Waals surface area contributed by atoms with Crippen LogP contribution in [0.4, 0.5) is 0 Å². The van der Waals surface area contributed by atoms with Gasteiger partial charge < -0.3 is 19.6 Å². The highest BCUT2D eigenvalue weighted by atomic mass is 16.5. The summed E-state index contributed by atoms with van der Waals surface area (Å²) in [7, 11) is 1.63. The van der Waals surface area contributed by atoms with Crippen molar-refractivity contribution < 1.29 is 19.4 Å². The summed E-state index contributed by atoms with van der Waals surface area (Å²) in [5.74, 6) is 1.37. The Morgan fingerprint density at radius 3 is 2.25 bits per heavy atom. The molecule has 0 spiro atoms. The number of methoxy groups -OCH3 is 1. The highest BCUT2D eigenvalue weighted by molar-refractivity contribution is 5.74. The Kier molecular flexibility index (Phi) is 7.28. The van der Waals surface area contributed by atoms with Crippen LogP contribution in [-0.2, 0) is 4.79 Å². The number of aromatic amines is 1. The van der Waals surface area contributed by atoms with Gasteiger partial charge in [-0.25, -0.2) is 19.9 Å². The number of hydrogen-bond acceptors (Lipinski definition) is 7. The van der Waals surface area contributed by atoms with Crippen LogP contribution in [-0.4, -0.2) is 49.7 Å². The van der Waals surface area contributed by atoms with Crippen molar-refractivity contribution in [2.24, 2.45) is 5.41 Å². The second-order valence-corrected chi connectivity index (χ2v) is 8.59. The zero-order valence-corrected chi connectivity index (χ0v) is 20.8. The number of aliphatic carboxylic acids is 1. The van der Waals surface area contributed by atoms with Crippen LogP contribution in [0.1, 0.15) is 32.3 Å². The molecule has 0 aliphatic rings. The van der Waals surface area contributed by atoms with Gasteiger partial charge in [-0.2, -0.15) is 0 Å². The van der Waals surface area contributed by atoms with Crippen molar-refractivity contribution in [2.45, 2.75) is 33.6 Å². The van der Waals surface area contributed by atoms with E-state index in [1.54, 1.807) is 38.0 Å². The van der Waals surface area contributed by atoms with Crippen molar-refractivity contribution in [1.29, 1.82) is 0 Å². The van der Waals surface area contributed by atoms with Gasteiger partial charge in [0.15, 0.2) is 11.6 Å². The van der Waals surface area contributed by atoms with Crippen LogP contribution in [0.25, 0.3) is 34.0 Å². The number of carboxylic acids is 1. The van der Waals surface area contributed by atoms with Crippen LogP contribution >= 0.6 is 0 Å². The maximum atomic E-state index is 11.7. The first-order valence-corrected chi connectivity index (χ1v) is 11.7. The van der Waals surface area contributed by atoms with E-state index in [1.807, 2.05) is 45.0 Å². The van der Waals surface area contributed by atoms with E-state index in [4.69, 9.17) is 9.47 Å². The van der Waals surface area contributed by atoms with Crippen molar-refractivity contribution >= 4 is 5.97 Å². The molecule has 0 saturated carbocycles. The highest BCUT2D eigenvalue weighted by Crippen LogP contribution is 2.30. The second-order valence-electron chi connectivity index (χ2n) is 8.59. The highest BCUT2D eigenvalue weighted by Gasteiger charge is 2.36. The molecule has 186 valence electrons. The Labute approximate surface area is 209 Å². The predicted molar refractivity (Wildman–Crippen MR) is 136 cm³/mol. The lowest BCUT2D eigenvalue weighted by atomic mass is 9.83. The summed E-state index contributed by atoms with van der Waals surface area (Å²) in [5, 5.41) is 9.61. The third-order valence-electron chi connectivity index (χ3n) is 6.54. The summed E-state index contributed by atoms with van der Waals surface area (Å²) in [6, 6.07) is 9.49. The quantitative estimate of drug-likeness (QED) is 0.314. The Balaban J connectivity index is 1.48. The number of ether oxygens (including phenoxy) is 2. The topological polar surface area (TPSA) is 123 Å². The summed E-state index contributed by atoms with van der Waals surface area (Å²) in [6.07, 6.45) is 7.86. The molecule has 9 heteroatoms. The average molecular weight is 488 g/mol. The monoisotopic (exact) mass is 487 g/mol. The number of aromatic nitrogens is 5. The molecule has 4 rings (SSSR count). The van der Waals surface area contributed by atoms with E-state index in [9.17, 15) is 9.90 Å². The van der Waals surface area contributed by atoms with Crippen molar-refractivity contribution in [3.8, 4) is 45.7 Å². The van der Waals surface area contributed by atoms with Crippen molar-refractivity contribution in [3.05, 3.63) is 60.7 Å². The minimum Gasteiger partial charge on any atom is -0.497 e. The lowest BCUT2D eigenvalue weighted by Gasteiger charge is -2.26. The standard InChI is InChI=1S/C27H29N5O4/c1-5-27(6-2,26(33)34)16-36-23-11-17(3)21(14-28-23)19-12-29-24(30-13-19)25-31-15-22(32-25)18-7-9-20(35-4)10-8-18/h7-15H,5-6,16H2,1-4H3,(H,31,32)(H,33,34). The van der Waals surface area contributed by atoms with Crippen molar-refractivity contribution in [3.63, 3.8) is 0 Å². The zero-order valence-electron chi connectivity index (χ0n) is 20.8. The Morgan fingerprint density at radius 2 is 1.67 bits per heavy atom. The van der Waals surface area contributed by atoms with Gasteiger partial charge in [0.05, 0.1) is 19.0 Å². The fourth-order valence-corrected chi connectivity index (χ4v) is 3.88. The smallest absolute Gasteiger partial charge is 0.313 e. The number of aryl methyl sites for hydroxylation is 1. The molecule has 0 bridgehead atoms. The third-order valence-corrected chi connectivity index (χ3v) is 6.54. The van der Waals surface area contributed by atoms with Gasteiger partial charge in [-0.3, -0.25) is 4.79 Å². The molecule has 9 nitrogen and oxygen atoms in total. The molecule has 3 heterocycles. The minimum absolute atomic E-state index is 0.0700. The number of benzene rings is 1. The molecule has 0 saturated heterocycles. The number of H-pyrrole nitrogens is 1. The maximum Gasteiger partial charge on any atom is 0.313 e. The first-order chi connectivity index (χ1) is 17.4. The SMILES string of the molecule is CCC(CC)(COc1cc(C)c(-c2cnc(-c3ncc(-c4ccc(OC)cc4)[nH]3)nc2)cn1)C(=O)O. The number of nitrogens with one attached hydrogen (secondary N) is 1. The first-order valence-electron chi connectivity index (χ1n) is 11.7. The molecule has 3 aromatic heterocycles. The van der Waals surface area contributed by atoms with Crippen molar-refractivity contribution in [2.75, 3.05) is 13.7 Å². The van der Waals surface area contributed by atoms with Crippen LogP contribution in [0.5, 0.6) is 11.6 Å². The molecule has 2 N–H and O–H groups in total. The van der Waals surface area contributed by atoms with E-state index in [0.717, 1.165) is 33.7 Å². The van der Waals surface area contributed by atoms with Crippen LogP contribution in [0.3, 0.4) is 0 Å². The van der Waals surface area contributed by atoms with Crippen LogP contribution in [0.15, 0.2) is 55.1 Å². The predicted octanol–water partition coefficient (Wildman–Crippen LogP) is 5.18. The largest absolute Gasteiger partial charge is 0.497 e. The number of carboxylic acid groups (broad SMARTS) is 1. The molecule has 0 amide bonds. The molecule has 0 aliphatic heterocycles.